The van der Waals surface area contributed by atoms with Gasteiger partial charge in [-0.1, -0.05) is 0 Å². The lowest BCUT2D eigenvalue weighted by Crippen LogP contribution is -2.39. The van der Waals surface area contributed by atoms with Crippen molar-refractivity contribution in [3.8, 4) is 22.5 Å². The van der Waals surface area contributed by atoms with Crippen molar-refractivity contribution in [2.45, 2.75) is 19.5 Å². The van der Waals surface area contributed by atoms with E-state index in [9.17, 15) is 18.4 Å². The lowest BCUT2D eigenvalue weighted by Gasteiger charge is -2.28. The second-order valence-corrected chi connectivity index (χ2v) is 10.2. The Labute approximate surface area is 248 Å². The zero-order valence-corrected chi connectivity index (χ0v) is 23.1. The summed E-state index contributed by atoms with van der Waals surface area (Å²) in [6.45, 7) is 1.27. The van der Waals surface area contributed by atoms with Crippen molar-refractivity contribution in [1.29, 1.82) is 0 Å². The molecule has 0 atom stereocenters. The molecule has 0 aliphatic carbocycles. The Hall–Kier alpha value is -5.85. The number of carbonyl (C=O) groups is 2. The number of anilines is 1. The van der Waals surface area contributed by atoms with E-state index >= 15 is 0 Å². The predicted octanol–water partition coefficient (Wildman–Crippen LogP) is 4.17. The number of amides is 2. The molecule has 0 saturated heterocycles. The van der Waals surface area contributed by atoms with E-state index in [4.69, 9.17) is 10.2 Å². The molecular formula is C31H23F2N9O2. The highest BCUT2D eigenvalue weighted by atomic mass is 19.1. The molecule has 218 valence electrons. The third-order valence-corrected chi connectivity index (χ3v) is 7.36. The molecule has 13 heteroatoms. The largest absolute Gasteiger partial charge is 0.335 e. The fraction of sp³-hybridized carbons (Fsp3) is 0.129. The summed E-state index contributed by atoms with van der Waals surface area (Å²) in [5.74, 6) is -1.48. The first-order chi connectivity index (χ1) is 21.4. The molecule has 6 heterocycles. The van der Waals surface area contributed by atoms with Crippen LogP contribution in [0.4, 0.5) is 14.6 Å². The van der Waals surface area contributed by atoms with Crippen LogP contribution in [0.25, 0.3) is 28.2 Å². The molecule has 5 aromatic heterocycles. The SMILES string of the molecule is O=C(Nc1cn2nc(-c3c(-c4ccc(F)cc4)nn4c3CN(C(=O)Cc3ccncc3)CC4)ccc2n1)c1ccnc(F)c1. The van der Waals surface area contributed by atoms with Gasteiger partial charge in [0.05, 0.1) is 42.7 Å². The van der Waals surface area contributed by atoms with Gasteiger partial charge in [-0.05, 0) is 60.2 Å². The molecule has 1 aliphatic rings. The monoisotopic (exact) mass is 591 g/mol. The standard InChI is InChI=1S/C31H23F2N9O2/c32-22-3-1-20(2-4-22)30-29(24-17-40(13-14-41(24)39-30)28(43)15-19-7-10-34-11-8-19)23-5-6-27-36-26(18-42(27)38-23)37-31(44)21-9-12-35-25(33)16-21/h1-12,16,18H,13-15,17H2,(H,37,44). The normalized spacial score (nSPS) is 12.7. The van der Waals surface area contributed by atoms with Crippen molar-refractivity contribution in [2.75, 3.05) is 11.9 Å². The molecule has 1 N–H and O–H groups in total. The van der Waals surface area contributed by atoms with E-state index in [1.54, 1.807) is 47.8 Å². The number of pyridine rings is 2. The Balaban J connectivity index is 1.24. The van der Waals surface area contributed by atoms with Crippen molar-refractivity contribution in [2.24, 2.45) is 0 Å². The smallest absolute Gasteiger partial charge is 0.257 e. The molecular weight excluding hydrogens is 568 g/mol. The number of hydrogen-bond acceptors (Lipinski definition) is 7. The van der Waals surface area contributed by atoms with E-state index in [0.717, 1.165) is 17.3 Å². The van der Waals surface area contributed by atoms with Crippen LogP contribution in [0, 0.1) is 11.8 Å². The van der Waals surface area contributed by atoms with E-state index in [1.165, 1.54) is 28.9 Å². The molecule has 6 aromatic rings. The molecule has 2 amide bonds. The molecule has 0 radical (unpaired) electrons. The topological polar surface area (TPSA) is 123 Å². The molecule has 0 bridgehead atoms. The summed E-state index contributed by atoms with van der Waals surface area (Å²) in [4.78, 5) is 39.6. The van der Waals surface area contributed by atoms with Crippen LogP contribution in [0.2, 0.25) is 0 Å². The highest BCUT2D eigenvalue weighted by Crippen LogP contribution is 2.36. The molecule has 11 nitrogen and oxygen atoms in total. The highest BCUT2D eigenvalue weighted by molar-refractivity contribution is 6.03. The van der Waals surface area contributed by atoms with Crippen LogP contribution in [-0.2, 0) is 24.3 Å². The number of rotatable bonds is 6. The van der Waals surface area contributed by atoms with Gasteiger partial charge >= 0.3 is 0 Å². The number of carbonyl (C=O) groups excluding carboxylic acids is 2. The van der Waals surface area contributed by atoms with Crippen LogP contribution in [0.5, 0.6) is 0 Å². The second kappa shape index (κ2) is 11.1. The van der Waals surface area contributed by atoms with Gasteiger partial charge in [-0.25, -0.2) is 18.9 Å². The second-order valence-electron chi connectivity index (χ2n) is 10.2. The Morgan fingerprint density at radius 2 is 1.73 bits per heavy atom. The lowest BCUT2D eigenvalue weighted by atomic mass is 10.0. The lowest BCUT2D eigenvalue weighted by molar-refractivity contribution is -0.131. The van der Waals surface area contributed by atoms with Gasteiger partial charge in [0.1, 0.15) is 11.5 Å². The number of benzene rings is 1. The molecule has 1 aliphatic heterocycles. The van der Waals surface area contributed by atoms with E-state index < -0.39 is 11.9 Å². The van der Waals surface area contributed by atoms with Crippen LogP contribution in [-0.4, -0.2) is 57.6 Å². The molecule has 0 fully saturated rings. The summed E-state index contributed by atoms with van der Waals surface area (Å²) in [6, 6.07) is 15.7. The van der Waals surface area contributed by atoms with Gasteiger partial charge in [-0.2, -0.15) is 14.6 Å². The fourth-order valence-corrected chi connectivity index (χ4v) is 5.20. The summed E-state index contributed by atoms with van der Waals surface area (Å²) in [6.07, 6.45) is 6.33. The number of fused-ring (bicyclic) bond motifs is 2. The first-order valence-corrected chi connectivity index (χ1v) is 13.7. The highest BCUT2D eigenvalue weighted by Gasteiger charge is 2.29. The number of halogens is 2. The van der Waals surface area contributed by atoms with Crippen LogP contribution in [0.15, 0.2) is 85.5 Å². The summed E-state index contributed by atoms with van der Waals surface area (Å²) in [7, 11) is 0. The third-order valence-electron chi connectivity index (χ3n) is 7.36. The maximum Gasteiger partial charge on any atom is 0.257 e. The molecule has 1 aromatic carbocycles. The van der Waals surface area contributed by atoms with Crippen LogP contribution in [0.1, 0.15) is 21.6 Å². The number of hydrogen-bond donors (Lipinski definition) is 1. The van der Waals surface area contributed by atoms with Crippen molar-refractivity contribution in [3.63, 3.8) is 0 Å². The van der Waals surface area contributed by atoms with Crippen molar-refractivity contribution < 1.29 is 18.4 Å². The summed E-state index contributed by atoms with van der Waals surface area (Å²) < 4.78 is 30.7. The maximum atomic E-state index is 13.8. The van der Waals surface area contributed by atoms with E-state index in [1.807, 2.05) is 16.8 Å². The number of imidazole rings is 1. The quantitative estimate of drug-likeness (QED) is 0.289. The van der Waals surface area contributed by atoms with E-state index in [-0.39, 0.29) is 29.5 Å². The minimum Gasteiger partial charge on any atom is -0.335 e. The van der Waals surface area contributed by atoms with Crippen LogP contribution in [0.3, 0.4) is 0 Å². The third kappa shape index (κ3) is 5.26. The minimum absolute atomic E-state index is 0.0228. The van der Waals surface area contributed by atoms with Crippen LogP contribution < -0.4 is 5.32 Å². The van der Waals surface area contributed by atoms with Gasteiger partial charge in [-0.15, -0.1) is 0 Å². The molecule has 0 unspecified atom stereocenters. The predicted molar refractivity (Wildman–Crippen MR) is 155 cm³/mol. The van der Waals surface area contributed by atoms with Crippen molar-refractivity contribution >= 4 is 23.3 Å². The molecule has 0 saturated carbocycles. The van der Waals surface area contributed by atoms with Gasteiger partial charge in [0.2, 0.25) is 11.9 Å². The van der Waals surface area contributed by atoms with E-state index in [2.05, 4.69) is 20.3 Å². The summed E-state index contributed by atoms with van der Waals surface area (Å²) >= 11 is 0. The first kappa shape index (κ1) is 27.0. The van der Waals surface area contributed by atoms with Gasteiger partial charge in [0.15, 0.2) is 11.5 Å². The first-order valence-electron chi connectivity index (χ1n) is 13.7. The molecule has 44 heavy (non-hydrogen) atoms. The minimum atomic E-state index is -0.766. The van der Waals surface area contributed by atoms with Gasteiger partial charge in [0.25, 0.3) is 5.91 Å². The van der Waals surface area contributed by atoms with Crippen molar-refractivity contribution in [1.82, 2.24) is 39.2 Å². The summed E-state index contributed by atoms with van der Waals surface area (Å²) in [5, 5.41) is 12.3. The average Bonchev–Trinajstić information content (AvgIpc) is 3.62. The Bertz CT molecular complexity index is 2020. The fourth-order valence-electron chi connectivity index (χ4n) is 5.20. The Kier molecular flexibility index (Phi) is 6.81. The van der Waals surface area contributed by atoms with Gasteiger partial charge in [0, 0.05) is 42.3 Å². The van der Waals surface area contributed by atoms with Crippen LogP contribution >= 0.6 is 0 Å². The zero-order valence-electron chi connectivity index (χ0n) is 23.1. The number of nitrogens with one attached hydrogen (secondary N) is 1. The average molecular weight is 592 g/mol. The number of nitrogens with zero attached hydrogens (tertiary/aromatic N) is 8. The Morgan fingerprint density at radius 3 is 2.52 bits per heavy atom. The summed E-state index contributed by atoms with van der Waals surface area (Å²) in [5.41, 5.74) is 4.77. The van der Waals surface area contributed by atoms with Crippen molar-refractivity contribution in [3.05, 3.63) is 114 Å². The Morgan fingerprint density at radius 1 is 0.909 bits per heavy atom. The molecule has 7 rings (SSSR count). The van der Waals surface area contributed by atoms with E-state index in [0.29, 0.717) is 47.8 Å². The van der Waals surface area contributed by atoms with Gasteiger partial charge in [-0.3, -0.25) is 19.3 Å². The zero-order chi connectivity index (χ0) is 30.2. The number of aromatic nitrogens is 7. The van der Waals surface area contributed by atoms with Gasteiger partial charge < -0.3 is 10.2 Å². The molecule has 0 spiro atoms. The maximum absolute atomic E-state index is 13.8.